The monoisotopic (exact) mass is 330 g/mol. The van der Waals surface area contributed by atoms with Gasteiger partial charge < -0.3 is 15.4 Å². The van der Waals surface area contributed by atoms with Crippen molar-refractivity contribution < 1.29 is 9.53 Å². The highest BCUT2D eigenvalue weighted by Crippen LogP contribution is 2.28. The van der Waals surface area contributed by atoms with Crippen molar-refractivity contribution >= 4 is 11.7 Å². The zero-order chi connectivity index (χ0) is 16.8. The summed E-state index contributed by atoms with van der Waals surface area (Å²) < 4.78 is 7.08. The van der Waals surface area contributed by atoms with E-state index >= 15 is 0 Å². The molecule has 2 N–H and O–H groups in total. The summed E-state index contributed by atoms with van der Waals surface area (Å²) in [5, 5.41) is 16.8. The fourth-order valence-corrected chi connectivity index (χ4v) is 2.24. The van der Waals surface area contributed by atoms with E-state index in [0.29, 0.717) is 13.2 Å². The van der Waals surface area contributed by atoms with Crippen molar-refractivity contribution in [1.82, 2.24) is 25.5 Å². The van der Waals surface area contributed by atoms with Crippen LogP contribution in [0.25, 0.3) is 5.69 Å². The Labute approximate surface area is 140 Å². The zero-order valence-corrected chi connectivity index (χ0v) is 13.7. The zero-order valence-electron chi connectivity index (χ0n) is 13.7. The van der Waals surface area contributed by atoms with Gasteiger partial charge in [-0.15, -0.1) is 5.10 Å². The van der Waals surface area contributed by atoms with Crippen molar-refractivity contribution in [1.29, 1.82) is 0 Å². The summed E-state index contributed by atoms with van der Waals surface area (Å²) in [5.41, 5.74) is 2.48. The number of hydrogen-bond donors (Lipinski definition) is 2. The molecule has 1 fully saturated rings. The maximum Gasteiger partial charge on any atom is 0.319 e. The highest BCUT2D eigenvalue weighted by molar-refractivity contribution is 5.90. The molecule has 0 aliphatic heterocycles. The van der Waals surface area contributed by atoms with Gasteiger partial charge in [0.05, 0.1) is 5.69 Å². The normalized spacial score (nSPS) is 13.7. The molecule has 1 saturated carbocycles. The molecule has 8 nitrogen and oxygen atoms in total. The van der Waals surface area contributed by atoms with Gasteiger partial charge in [0.25, 0.3) is 0 Å². The second kappa shape index (κ2) is 7.87. The number of aryl methyl sites for hydroxylation is 1. The average Bonchev–Trinajstić information content (AvgIpc) is 3.23. The number of nitrogens with one attached hydrogen (secondary N) is 2. The number of aromatic nitrogens is 4. The minimum Gasteiger partial charge on any atom is -0.381 e. The van der Waals surface area contributed by atoms with Crippen molar-refractivity contribution in [2.24, 2.45) is 5.92 Å². The Hall–Kier alpha value is -2.48. The van der Waals surface area contributed by atoms with Crippen LogP contribution in [0.3, 0.4) is 0 Å². The van der Waals surface area contributed by atoms with Crippen LogP contribution in [0.5, 0.6) is 0 Å². The molecule has 0 radical (unpaired) electrons. The SMILES string of the molecule is Cc1ccc(-n2cnnn2)cc1NC(=O)NCCCOCC1CC1. The van der Waals surface area contributed by atoms with E-state index < -0.39 is 0 Å². The van der Waals surface area contributed by atoms with Crippen molar-refractivity contribution in [2.75, 3.05) is 25.1 Å². The fourth-order valence-electron chi connectivity index (χ4n) is 2.24. The number of carbonyl (C=O) groups is 1. The first-order chi connectivity index (χ1) is 11.7. The first-order valence-corrected chi connectivity index (χ1v) is 8.19. The highest BCUT2D eigenvalue weighted by atomic mass is 16.5. The number of tetrazole rings is 1. The lowest BCUT2D eigenvalue weighted by Gasteiger charge is -2.11. The van der Waals surface area contributed by atoms with Crippen LogP contribution in [0.1, 0.15) is 24.8 Å². The molecule has 0 bridgehead atoms. The van der Waals surface area contributed by atoms with E-state index in [1.165, 1.54) is 19.2 Å². The van der Waals surface area contributed by atoms with Gasteiger partial charge in [-0.05, 0) is 60.2 Å². The quantitative estimate of drug-likeness (QED) is 0.721. The van der Waals surface area contributed by atoms with Gasteiger partial charge in [0.1, 0.15) is 6.33 Å². The van der Waals surface area contributed by atoms with Gasteiger partial charge in [-0.25, -0.2) is 9.48 Å². The van der Waals surface area contributed by atoms with Gasteiger partial charge in [-0.3, -0.25) is 0 Å². The lowest BCUT2D eigenvalue weighted by molar-refractivity contribution is 0.122. The largest absolute Gasteiger partial charge is 0.381 e. The van der Waals surface area contributed by atoms with Crippen molar-refractivity contribution in [2.45, 2.75) is 26.2 Å². The van der Waals surface area contributed by atoms with Crippen molar-refractivity contribution in [3.8, 4) is 5.69 Å². The van der Waals surface area contributed by atoms with Crippen LogP contribution in [0.15, 0.2) is 24.5 Å². The lowest BCUT2D eigenvalue weighted by Crippen LogP contribution is -2.30. The molecule has 0 atom stereocenters. The number of rotatable bonds is 8. The molecule has 0 unspecified atom stereocenters. The van der Waals surface area contributed by atoms with E-state index in [1.54, 1.807) is 4.68 Å². The summed E-state index contributed by atoms with van der Waals surface area (Å²) in [7, 11) is 0. The van der Waals surface area contributed by atoms with Gasteiger partial charge in [-0.1, -0.05) is 6.07 Å². The molecule has 24 heavy (non-hydrogen) atoms. The Morgan fingerprint density at radius 3 is 3.04 bits per heavy atom. The van der Waals surface area contributed by atoms with E-state index in [1.807, 2.05) is 25.1 Å². The number of anilines is 1. The third-order valence-electron chi connectivity index (χ3n) is 3.88. The van der Waals surface area contributed by atoms with Crippen LogP contribution >= 0.6 is 0 Å². The number of benzene rings is 1. The van der Waals surface area contributed by atoms with Gasteiger partial charge in [0.15, 0.2) is 0 Å². The lowest BCUT2D eigenvalue weighted by atomic mass is 10.2. The van der Waals surface area contributed by atoms with Gasteiger partial charge in [0.2, 0.25) is 0 Å². The third kappa shape index (κ3) is 4.76. The molecule has 8 heteroatoms. The van der Waals surface area contributed by atoms with Gasteiger partial charge in [-0.2, -0.15) is 0 Å². The predicted molar refractivity (Wildman–Crippen MR) is 89.1 cm³/mol. The second-order valence-corrected chi connectivity index (χ2v) is 6.01. The molecule has 2 amide bonds. The summed E-state index contributed by atoms with van der Waals surface area (Å²) in [6.07, 6.45) is 4.91. The van der Waals surface area contributed by atoms with E-state index in [-0.39, 0.29) is 6.03 Å². The van der Waals surface area contributed by atoms with Crippen molar-refractivity contribution in [3.05, 3.63) is 30.1 Å². The van der Waals surface area contributed by atoms with Crippen LogP contribution in [0.2, 0.25) is 0 Å². The number of ether oxygens (including phenoxy) is 1. The van der Waals surface area contributed by atoms with E-state index in [2.05, 4.69) is 26.2 Å². The fraction of sp³-hybridized carbons (Fsp3) is 0.500. The molecule has 1 aromatic heterocycles. The Morgan fingerprint density at radius 1 is 1.42 bits per heavy atom. The number of carbonyl (C=O) groups excluding carboxylic acids is 1. The van der Waals surface area contributed by atoms with Gasteiger partial charge >= 0.3 is 6.03 Å². The first-order valence-electron chi connectivity index (χ1n) is 8.19. The predicted octanol–water partition coefficient (Wildman–Crippen LogP) is 1.91. The molecule has 0 saturated heterocycles. The topological polar surface area (TPSA) is 94.0 Å². The molecule has 128 valence electrons. The minimum absolute atomic E-state index is 0.228. The highest BCUT2D eigenvalue weighted by Gasteiger charge is 2.20. The third-order valence-corrected chi connectivity index (χ3v) is 3.88. The maximum absolute atomic E-state index is 12.0. The van der Waals surface area contributed by atoms with Crippen LogP contribution in [-0.2, 0) is 4.74 Å². The summed E-state index contributed by atoms with van der Waals surface area (Å²) in [6, 6.07) is 5.42. The molecule has 1 heterocycles. The molecular formula is C16H22N6O2. The van der Waals surface area contributed by atoms with Crippen LogP contribution in [0.4, 0.5) is 10.5 Å². The Kier molecular flexibility index (Phi) is 5.37. The minimum atomic E-state index is -0.228. The van der Waals surface area contributed by atoms with Gasteiger partial charge in [0, 0.05) is 25.4 Å². The molecule has 2 aromatic rings. The molecule has 1 aliphatic carbocycles. The summed E-state index contributed by atoms with van der Waals surface area (Å²) in [6.45, 7) is 4.06. The van der Waals surface area contributed by atoms with E-state index in [0.717, 1.165) is 35.9 Å². The Balaban J connectivity index is 1.44. The summed E-state index contributed by atoms with van der Waals surface area (Å²) in [5.74, 6) is 0.775. The van der Waals surface area contributed by atoms with Crippen LogP contribution in [0, 0.1) is 12.8 Å². The Morgan fingerprint density at radius 2 is 2.29 bits per heavy atom. The molecule has 1 aliphatic rings. The number of amides is 2. The standard InChI is InChI=1S/C16H22N6O2/c1-12-3-6-14(22-11-18-20-21-22)9-15(12)19-16(23)17-7-2-8-24-10-13-4-5-13/h3,6,9,11,13H,2,4-5,7-8,10H2,1H3,(H2,17,19,23). The Bertz CT molecular complexity index is 669. The summed E-state index contributed by atoms with van der Waals surface area (Å²) >= 11 is 0. The van der Waals surface area contributed by atoms with Crippen LogP contribution < -0.4 is 10.6 Å². The number of hydrogen-bond acceptors (Lipinski definition) is 5. The smallest absolute Gasteiger partial charge is 0.319 e. The van der Waals surface area contributed by atoms with Crippen LogP contribution in [-0.4, -0.2) is 46.0 Å². The maximum atomic E-state index is 12.0. The van der Waals surface area contributed by atoms with E-state index in [4.69, 9.17) is 4.74 Å². The molecule has 0 spiro atoms. The second-order valence-electron chi connectivity index (χ2n) is 6.01. The average molecular weight is 330 g/mol. The number of nitrogens with zero attached hydrogens (tertiary/aromatic N) is 4. The molecular weight excluding hydrogens is 308 g/mol. The molecule has 3 rings (SSSR count). The first kappa shape index (κ1) is 16.4. The van der Waals surface area contributed by atoms with E-state index in [9.17, 15) is 4.79 Å². The number of urea groups is 1. The molecule has 1 aromatic carbocycles. The van der Waals surface area contributed by atoms with Crippen molar-refractivity contribution in [3.63, 3.8) is 0 Å². The summed E-state index contributed by atoms with van der Waals surface area (Å²) in [4.78, 5) is 12.0.